The molecule has 0 fully saturated rings. The third-order valence-electron chi connectivity index (χ3n) is 2.48. The topological polar surface area (TPSA) is 50.2 Å². The predicted molar refractivity (Wildman–Crippen MR) is 80.4 cm³/mol. The third-order valence-corrected chi connectivity index (χ3v) is 4.60. The van der Waals surface area contributed by atoms with Crippen LogP contribution < -0.4 is 5.32 Å². The number of aromatic nitrogens is 2. The molecule has 1 unspecified atom stereocenters. The number of hydrogen-bond acceptors (Lipinski definition) is 6. The first-order valence-corrected chi connectivity index (χ1v) is 7.60. The number of aliphatic imine (C=N–C) groups is 1. The normalized spacial score (nSPS) is 19.3. The van der Waals surface area contributed by atoms with Crippen molar-refractivity contribution < 1.29 is 0 Å². The van der Waals surface area contributed by atoms with E-state index in [1.807, 2.05) is 0 Å². The standard InChI is InChI=1S/C10H8Cl2N4S2/c1-4-3-13-10(17-4)14-7-5(11)2-6(12)8-9(7)16-18-15-8/h2,4H,3H2,1H3,(H,13,14). The van der Waals surface area contributed by atoms with Crippen LogP contribution in [0.4, 0.5) is 5.69 Å². The van der Waals surface area contributed by atoms with Gasteiger partial charge in [-0.05, 0) is 6.07 Å². The van der Waals surface area contributed by atoms with Gasteiger partial charge in [-0.15, -0.1) is 0 Å². The van der Waals surface area contributed by atoms with E-state index in [4.69, 9.17) is 23.2 Å². The zero-order valence-corrected chi connectivity index (χ0v) is 12.4. The lowest BCUT2D eigenvalue weighted by Gasteiger charge is -2.09. The van der Waals surface area contributed by atoms with Crippen molar-refractivity contribution in [3.05, 3.63) is 16.1 Å². The van der Waals surface area contributed by atoms with Gasteiger partial charge in [0.1, 0.15) is 11.0 Å². The molecule has 0 aliphatic carbocycles. The van der Waals surface area contributed by atoms with Crippen LogP contribution in [0.15, 0.2) is 11.1 Å². The van der Waals surface area contributed by atoms with Gasteiger partial charge >= 0.3 is 0 Å². The summed E-state index contributed by atoms with van der Waals surface area (Å²) < 4.78 is 8.40. The van der Waals surface area contributed by atoms with E-state index in [2.05, 4.69) is 26.0 Å². The van der Waals surface area contributed by atoms with E-state index in [1.54, 1.807) is 17.8 Å². The zero-order valence-electron chi connectivity index (χ0n) is 9.28. The Morgan fingerprint density at radius 2 is 2.06 bits per heavy atom. The maximum absolute atomic E-state index is 6.21. The Morgan fingerprint density at radius 3 is 2.78 bits per heavy atom. The highest BCUT2D eigenvalue weighted by molar-refractivity contribution is 8.15. The first-order valence-electron chi connectivity index (χ1n) is 5.23. The van der Waals surface area contributed by atoms with Gasteiger partial charge in [-0.1, -0.05) is 41.9 Å². The average Bonchev–Trinajstić information content (AvgIpc) is 2.93. The van der Waals surface area contributed by atoms with Crippen LogP contribution in [-0.2, 0) is 0 Å². The fourth-order valence-electron chi connectivity index (χ4n) is 1.65. The Morgan fingerprint density at radius 1 is 1.28 bits per heavy atom. The van der Waals surface area contributed by atoms with Crippen LogP contribution in [0.1, 0.15) is 6.92 Å². The van der Waals surface area contributed by atoms with E-state index in [0.717, 1.165) is 29.1 Å². The molecule has 1 atom stereocenters. The first kappa shape index (κ1) is 12.5. The van der Waals surface area contributed by atoms with Gasteiger partial charge in [0.2, 0.25) is 0 Å². The molecule has 1 N–H and O–H groups in total. The lowest BCUT2D eigenvalue weighted by atomic mass is 10.2. The lowest BCUT2D eigenvalue weighted by Crippen LogP contribution is -2.07. The minimum atomic E-state index is 0.489. The molecule has 18 heavy (non-hydrogen) atoms. The Kier molecular flexibility index (Phi) is 3.36. The summed E-state index contributed by atoms with van der Waals surface area (Å²) >= 11 is 15.1. The van der Waals surface area contributed by atoms with E-state index in [0.29, 0.717) is 26.3 Å². The van der Waals surface area contributed by atoms with Gasteiger partial charge in [0.15, 0.2) is 5.17 Å². The van der Waals surface area contributed by atoms with Gasteiger partial charge < -0.3 is 5.32 Å². The summed E-state index contributed by atoms with van der Waals surface area (Å²) in [6, 6.07) is 1.68. The largest absolute Gasteiger partial charge is 0.332 e. The quantitative estimate of drug-likeness (QED) is 0.866. The maximum Gasteiger partial charge on any atom is 0.161 e. The molecule has 0 radical (unpaired) electrons. The molecule has 3 rings (SSSR count). The number of anilines is 1. The molecule has 0 bridgehead atoms. The highest BCUT2D eigenvalue weighted by atomic mass is 35.5. The summed E-state index contributed by atoms with van der Waals surface area (Å²) in [6.07, 6.45) is 0. The van der Waals surface area contributed by atoms with E-state index >= 15 is 0 Å². The molecule has 4 nitrogen and oxygen atoms in total. The van der Waals surface area contributed by atoms with Crippen molar-refractivity contribution in [2.24, 2.45) is 4.99 Å². The van der Waals surface area contributed by atoms with Crippen molar-refractivity contribution in [2.45, 2.75) is 12.2 Å². The summed E-state index contributed by atoms with van der Waals surface area (Å²) in [7, 11) is 0. The van der Waals surface area contributed by atoms with E-state index < -0.39 is 0 Å². The van der Waals surface area contributed by atoms with Crippen molar-refractivity contribution in [1.82, 2.24) is 8.75 Å². The van der Waals surface area contributed by atoms with Crippen LogP contribution in [0.3, 0.4) is 0 Å². The van der Waals surface area contributed by atoms with Gasteiger partial charge in [-0.2, -0.15) is 8.75 Å². The van der Waals surface area contributed by atoms with Crippen LogP contribution in [0.25, 0.3) is 11.0 Å². The predicted octanol–water partition coefficient (Wildman–Crippen LogP) is 3.90. The second-order valence-electron chi connectivity index (χ2n) is 3.88. The number of amidine groups is 1. The Hall–Kier alpha value is -0.560. The molecule has 94 valence electrons. The highest BCUT2D eigenvalue weighted by Crippen LogP contribution is 2.36. The minimum absolute atomic E-state index is 0.489. The van der Waals surface area contributed by atoms with Crippen molar-refractivity contribution in [2.75, 3.05) is 11.9 Å². The molecule has 0 amide bonds. The first-order chi connectivity index (χ1) is 8.65. The van der Waals surface area contributed by atoms with Crippen LogP contribution in [0, 0.1) is 0 Å². The Balaban J connectivity index is 2.03. The summed E-state index contributed by atoms with van der Waals surface area (Å²) in [5.74, 6) is 0. The van der Waals surface area contributed by atoms with Crippen molar-refractivity contribution in [3.63, 3.8) is 0 Å². The fraction of sp³-hybridized carbons (Fsp3) is 0.300. The Bertz CT molecular complexity index is 640. The third kappa shape index (κ3) is 2.18. The van der Waals surface area contributed by atoms with E-state index in [9.17, 15) is 0 Å². The van der Waals surface area contributed by atoms with E-state index in [-0.39, 0.29) is 0 Å². The molecule has 8 heteroatoms. The lowest BCUT2D eigenvalue weighted by molar-refractivity contribution is 0.976. The van der Waals surface area contributed by atoms with Gasteiger partial charge in [0.25, 0.3) is 0 Å². The molecule has 2 aromatic rings. The van der Waals surface area contributed by atoms with Crippen LogP contribution in [0.2, 0.25) is 10.0 Å². The summed E-state index contributed by atoms with van der Waals surface area (Å²) in [4.78, 5) is 4.40. The molecule has 2 heterocycles. The number of nitrogens with zero attached hydrogens (tertiary/aromatic N) is 3. The van der Waals surface area contributed by atoms with Gasteiger partial charge in [0, 0.05) is 5.25 Å². The number of hydrogen-bond donors (Lipinski definition) is 1. The molecule has 0 spiro atoms. The molecule has 0 saturated carbocycles. The maximum atomic E-state index is 6.21. The van der Waals surface area contributed by atoms with Crippen LogP contribution in [0.5, 0.6) is 0 Å². The van der Waals surface area contributed by atoms with Crippen LogP contribution in [-0.4, -0.2) is 25.7 Å². The smallest absolute Gasteiger partial charge is 0.161 e. The van der Waals surface area contributed by atoms with Gasteiger partial charge in [-0.3, -0.25) is 4.99 Å². The second kappa shape index (κ2) is 4.85. The van der Waals surface area contributed by atoms with Crippen LogP contribution >= 0.6 is 46.7 Å². The molecular weight excluding hydrogens is 311 g/mol. The highest BCUT2D eigenvalue weighted by Gasteiger charge is 2.19. The zero-order chi connectivity index (χ0) is 12.7. The Labute approximate surface area is 122 Å². The SMILES string of the molecule is CC1CN=C(Nc2c(Cl)cc(Cl)c3nsnc23)S1. The molecule has 1 aliphatic heterocycles. The number of fused-ring (bicyclic) bond motifs is 1. The molecule has 1 aliphatic rings. The number of halogens is 2. The monoisotopic (exact) mass is 318 g/mol. The van der Waals surface area contributed by atoms with E-state index in [1.165, 1.54) is 0 Å². The van der Waals surface area contributed by atoms with Gasteiger partial charge in [0.05, 0.1) is 34.0 Å². The number of benzene rings is 1. The number of nitrogens with one attached hydrogen (secondary N) is 1. The molecule has 1 aromatic carbocycles. The van der Waals surface area contributed by atoms with Crippen molar-refractivity contribution >= 4 is 68.6 Å². The van der Waals surface area contributed by atoms with Crippen molar-refractivity contribution in [1.29, 1.82) is 0 Å². The number of rotatable bonds is 1. The van der Waals surface area contributed by atoms with Crippen molar-refractivity contribution in [3.8, 4) is 0 Å². The molecular formula is C10H8Cl2N4S2. The summed E-state index contributed by atoms with van der Waals surface area (Å²) in [6.45, 7) is 2.95. The summed E-state index contributed by atoms with van der Waals surface area (Å²) in [5, 5.41) is 5.62. The number of thioether (sulfide) groups is 1. The second-order valence-corrected chi connectivity index (χ2v) is 6.65. The molecule has 1 aromatic heterocycles. The summed E-state index contributed by atoms with van der Waals surface area (Å²) in [5.41, 5.74) is 2.09. The average molecular weight is 319 g/mol. The minimum Gasteiger partial charge on any atom is -0.332 e. The molecule has 0 saturated heterocycles. The fourth-order valence-corrected chi connectivity index (χ4v) is 3.65. The van der Waals surface area contributed by atoms with Gasteiger partial charge in [-0.25, -0.2) is 0 Å².